The highest BCUT2D eigenvalue weighted by Gasteiger charge is 2.34. The molecule has 31 heavy (non-hydrogen) atoms. The number of para-hydroxylation sites is 2. The molecule has 3 aromatic rings. The predicted octanol–water partition coefficient (Wildman–Crippen LogP) is 5.42. The third-order valence-corrected chi connectivity index (χ3v) is 4.27. The first-order chi connectivity index (χ1) is 14.7. The Morgan fingerprint density at radius 2 is 1.35 bits per heavy atom. The lowest BCUT2D eigenvalue weighted by molar-refractivity contribution is -0.137. The molecule has 0 aliphatic heterocycles. The number of amides is 3. The summed E-state index contributed by atoms with van der Waals surface area (Å²) in [4.78, 5) is 24.7. The topological polar surface area (TPSA) is 70.2 Å². The fraction of sp³-hybridized carbons (Fsp3) is 0.0909. The molecule has 160 valence electrons. The number of anilines is 2. The second-order valence-corrected chi connectivity index (χ2v) is 6.48. The molecule has 0 bridgehead atoms. The molecule has 0 saturated carbocycles. The number of carbonyl (C=O) groups is 2. The first-order valence-corrected chi connectivity index (χ1v) is 9.10. The number of rotatable bonds is 5. The summed E-state index contributed by atoms with van der Waals surface area (Å²) < 4.78 is 52.5. The Labute approximate surface area is 175 Å². The van der Waals surface area contributed by atoms with E-state index in [9.17, 15) is 27.2 Å². The van der Waals surface area contributed by atoms with Crippen molar-refractivity contribution >= 4 is 23.3 Å². The molecule has 0 radical (unpaired) electrons. The maximum Gasteiger partial charge on any atom is 0.417 e. The van der Waals surface area contributed by atoms with E-state index in [4.69, 9.17) is 0 Å². The van der Waals surface area contributed by atoms with E-state index in [-0.39, 0.29) is 17.9 Å². The molecule has 0 fully saturated rings. The molecule has 0 atom stereocenters. The van der Waals surface area contributed by atoms with Gasteiger partial charge in [0.1, 0.15) is 5.82 Å². The summed E-state index contributed by atoms with van der Waals surface area (Å²) in [6, 6.07) is 15.5. The fourth-order valence-electron chi connectivity index (χ4n) is 2.77. The maximum atomic E-state index is 13.2. The Kier molecular flexibility index (Phi) is 6.54. The minimum atomic E-state index is -4.69. The molecular formula is C22H17F4N3O2. The van der Waals surface area contributed by atoms with Gasteiger partial charge in [0.15, 0.2) is 0 Å². The summed E-state index contributed by atoms with van der Waals surface area (Å²) in [5.41, 5.74) is -0.610. The smallest absolute Gasteiger partial charge is 0.334 e. The summed E-state index contributed by atoms with van der Waals surface area (Å²) in [6.45, 7) is 0.125. The molecule has 0 aromatic heterocycles. The van der Waals surface area contributed by atoms with Crippen molar-refractivity contribution in [3.8, 4) is 0 Å². The van der Waals surface area contributed by atoms with E-state index >= 15 is 0 Å². The lowest BCUT2D eigenvalue weighted by Crippen LogP contribution is -2.28. The highest BCUT2D eigenvalue weighted by molar-refractivity contribution is 6.08. The molecule has 0 aliphatic rings. The molecular weight excluding hydrogens is 414 g/mol. The van der Waals surface area contributed by atoms with Gasteiger partial charge >= 0.3 is 12.2 Å². The van der Waals surface area contributed by atoms with E-state index in [0.717, 1.165) is 12.1 Å². The summed E-state index contributed by atoms with van der Waals surface area (Å²) in [6.07, 6.45) is -4.69. The molecule has 0 heterocycles. The van der Waals surface area contributed by atoms with Gasteiger partial charge in [-0.15, -0.1) is 0 Å². The Balaban J connectivity index is 1.70. The first kappa shape index (κ1) is 21.8. The van der Waals surface area contributed by atoms with Crippen molar-refractivity contribution in [2.24, 2.45) is 0 Å². The van der Waals surface area contributed by atoms with Gasteiger partial charge in [0, 0.05) is 6.54 Å². The summed E-state index contributed by atoms with van der Waals surface area (Å²) in [7, 11) is 0. The van der Waals surface area contributed by atoms with Crippen molar-refractivity contribution in [1.29, 1.82) is 0 Å². The number of urea groups is 1. The standard InChI is InChI=1S/C22H17F4N3O2/c23-15-11-9-14(10-12-15)13-27-21(31)29-19-8-4-3-7-18(19)28-20(30)16-5-1-2-6-17(16)22(24,25)26/h1-12H,13H2,(H,28,30)(H2,27,29,31). The highest BCUT2D eigenvalue weighted by Crippen LogP contribution is 2.32. The van der Waals surface area contributed by atoms with Gasteiger partial charge in [-0.3, -0.25) is 4.79 Å². The third kappa shape index (κ3) is 5.81. The SMILES string of the molecule is O=C(NCc1ccc(F)cc1)Nc1ccccc1NC(=O)c1ccccc1C(F)(F)F. The van der Waals surface area contributed by atoms with Crippen LogP contribution in [0.1, 0.15) is 21.5 Å². The van der Waals surface area contributed by atoms with Crippen LogP contribution in [0.4, 0.5) is 33.7 Å². The normalized spacial score (nSPS) is 11.0. The molecule has 0 spiro atoms. The zero-order valence-electron chi connectivity index (χ0n) is 16.0. The van der Waals surface area contributed by atoms with Crippen LogP contribution in [0.5, 0.6) is 0 Å². The number of hydrogen-bond donors (Lipinski definition) is 3. The number of alkyl halides is 3. The number of carbonyl (C=O) groups excluding carboxylic acids is 2. The monoisotopic (exact) mass is 431 g/mol. The van der Waals surface area contributed by atoms with Crippen LogP contribution in [-0.4, -0.2) is 11.9 Å². The molecule has 0 saturated heterocycles. The van der Waals surface area contributed by atoms with Crippen molar-refractivity contribution in [2.75, 3.05) is 10.6 Å². The Morgan fingerprint density at radius 1 is 0.774 bits per heavy atom. The Bertz CT molecular complexity index is 1080. The van der Waals surface area contributed by atoms with Crippen LogP contribution in [0.2, 0.25) is 0 Å². The van der Waals surface area contributed by atoms with Gasteiger partial charge in [0.05, 0.1) is 22.5 Å². The lowest BCUT2D eigenvalue weighted by atomic mass is 10.1. The van der Waals surface area contributed by atoms with Gasteiger partial charge in [0.25, 0.3) is 5.91 Å². The van der Waals surface area contributed by atoms with Crippen LogP contribution in [0.3, 0.4) is 0 Å². The third-order valence-electron chi connectivity index (χ3n) is 4.27. The minimum Gasteiger partial charge on any atom is -0.334 e. The van der Waals surface area contributed by atoms with E-state index in [1.54, 1.807) is 12.1 Å². The van der Waals surface area contributed by atoms with Crippen LogP contribution >= 0.6 is 0 Å². The van der Waals surface area contributed by atoms with Crippen molar-refractivity contribution in [3.63, 3.8) is 0 Å². The quantitative estimate of drug-likeness (QED) is 0.472. The predicted molar refractivity (Wildman–Crippen MR) is 108 cm³/mol. The van der Waals surface area contributed by atoms with Gasteiger partial charge in [-0.05, 0) is 42.0 Å². The van der Waals surface area contributed by atoms with Crippen LogP contribution in [0.25, 0.3) is 0 Å². The molecule has 3 N–H and O–H groups in total. The summed E-state index contributed by atoms with van der Waals surface area (Å²) in [5, 5.41) is 7.51. The van der Waals surface area contributed by atoms with Crippen LogP contribution in [0, 0.1) is 5.82 Å². The molecule has 0 unspecified atom stereocenters. The number of nitrogens with one attached hydrogen (secondary N) is 3. The van der Waals surface area contributed by atoms with E-state index in [2.05, 4.69) is 16.0 Å². The second kappa shape index (κ2) is 9.29. The molecule has 3 amide bonds. The largest absolute Gasteiger partial charge is 0.417 e. The first-order valence-electron chi connectivity index (χ1n) is 9.10. The average molecular weight is 431 g/mol. The average Bonchev–Trinajstić information content (AvgIpc) is 2.74. The number of hydrogen-bond acceptors (Lipinski definition) is 2. The van der Waals surface area contributed by atoms with Crippen LogP contribution in [-0.2, 0) is 12.7 Å². The van der Waals surface area contributed by atoms with Crippen LogP contribution in [0.15, 0.2) is 72.8 Å². The Hall–Kier alpha value is -3.88. The molecule has 9 heteroatoms. The highest BCUT2D eigenvalue weighted by atomic mass is 19.4. The minimum absolute atomic E-state index is 0.125. The van der Waals surface area contributed by atoms with E-state index in [0.29, 0.717) is 5.56 Å². The summed E-state index contributed by atoms with van der Waals surface area (Å²) >= 11 is 0. The zero-order chi connectivity index (χ0) is 22.4. The zero-order valence-corrected chi connectivity index (χ0v) is 16.0. The van der Waals surface area contributed by atoms with Crippen molar-refractivity contribution in [1.82, 2.24) is 5.32 Å². The van der Waals surface area contributed by atoms with E-state index in [1.165, 1.54) is 48.5 Å². The molecule has 3 rings (SSSR count). The lowest BCUT2D eigenvalue weighted by Gasteiger charge is -2.15. The van der Waals surface area contributed by atoms with Gasteiger partial charge in [-0.1, -0.05) is 36.4 Å². The molecule has 3 aromatic carbocycles. The molecule has 5 nitrogen and oxygen atoms in total. The van der Waals surface area contributed by atoms with E-state index in [1.807, 2.05) is 0 Å². The van der Waals surface area contributed by atoms with Crippen molar-refractivity contribution in [3.05, 3.63) is 95.3 Å². The fourth-order valence-corrected chi connectivity index (χ4v) is 2.77. The van der Waals surface area contributed by atoms with Gasteiger partial charge in [0.2, 0.25) is 0 Å². The number of halogens is 4. The Morgan fingerprint density at radius 3 is 2.00 bits per heavy atom. The van der Waals surface area contributed by atoms with Gasteiger partial charge in [-0.25, -0.2) is 9.18 Å². The van der Waals surface area contributed by atoms with Gasteiger partial charge < -0.3 is 16.0 Å². The summed E-state index contributed by atoms with van der Waals surface area (Å²) in [5.74, 6) is -1.36. The number of benzene rings is 3. The van der Waals surface area contributed by atoms with Crippen molar-refractivity contribution in [2.45, 2.75) is 12.7 Å². The molecule has 0 aliphatic carbocycles. The second-order valence-electron chi connectivity index (χ2n) is 6.48. The van der Waals surface area contributed by atoms with Crippen molar-refractivity contribution < 1.29 is 27.2 Å². The van der Waals surface area contributed by atoms with Crippen LogP contribution < -0.4 is 16.0 Å². The maximum absolute atomic E-state index is 13.2. The van der Waals surface area contributed by atoms with Gasteiger partial charge in [-0.2, -0.15) is 13.2 Å². The van der Waals surface area contributed by atoms with E-state index < -0.39 is 35.1 Å².